The van der Waals surface area contributed by atoms with Gasteiger partial charge in [0.15, 0.2) is 0 Å². The van der Waals surface area contributed by atoms with Crippen molar-refractivity contribution in [3.8, 4) is 0 Å². The van der Waals surface area contributed by atoms with Gasteiger partial charge >= 0.3 is 5.97 Å². The van der Waals surface area contributed by atoms with Crippen LogP contribution in [0.2, 0.25) is 0 Å². The van der Waals surface area contributed by atoms with Crippen molar-refractivity contribution in [1.29, 1.82) is 0 Å². The van der Waals surface area contributed by atoms with E-state index >= 15 is 0 Å². The molecule has 0 saturated carbocycles. The molecule has 10 heteroatoms. The maximum absolute atomic E-state index is 13.7. The number of unbranched alkanes of at least 4 members (excludes halogenated alkanes) is 6. The Balaban J connectivity index is 5.85. The van der Waals surface area contributed by atoms with Crippen molar-refractivity contribution in [2.45, 2.75) is 103 Å². The zero-order valence-corrected chi connectivity index (χ0v) is 22.1. The fourth-order valence-electron chi connectivity index (χ4n) is 3.92. The largest absolute Gasteiger partial charge is 0.480 e. The summed E-state index contributed by atoms with van der Waals surface area (Å²) in [4.78, 5) is 39.6. The lowest BCUT2D eigenvalue weighted by Crippen LogP contribution is -2.64. The minimum absolute atomic E-state index is 0.259. The minimum Gasteiger partial charge on any atom is -0.480 e. The number of aliphatic hydroxyl groups excluding tert-OH is 2. The first-order valence-electron chi connectivity index (χ1n) is 12.7. The molecule has 2 amide bonds. The third-order valence-corrected chi connectivity index (χ3v) is 6.67. The summed E-state index contributed by atoms with van der Waals surface area (Å²) in [7, 11) is 0. The maximum Gasteiger partial charge on any atom is 0.328 e. The van der Waals surface area contributed by atoms with Crippen molar-refractivity contribution in [3.05, 3.63) is 0 Å². The summed E-state index contributed by atoms with van der Waals surface area (Å²) in [6.45, 7) is 6.32. The summed E-state index contributed by atoms with van der Waals surface area (Å²) >= 11 is 4.60. The molecule has 0 aromatic rings. The summed E-state index contributed by atoms with van der Waals surface area (Å²) < 4.78 is 0. The highest BCUT2D eigenvalue weighted by Gasteiger charge is 2.43. The lowest BCUT2D eigenvalue weighted by molar-refractivity contribution is -0.144. The first kappa shape index (κ1) is 32.6. The van der Waals surface area contributed by atoms with E-state index < -0.39 is 48.6 Å². The number of carbonyl (C=O) groups excluding carboxylic acids is 2. The second-order valence-electron chi connectivity index (χ2n) is 8.84. The number of amides is 2. The third kappa shape index (κ3) is 10.9. The van der Waals surface area contributed by atoms with Gasteiger partial charge in [-0.1, -0.05) is 65.7 Å². The molecule has 34 heavy (non-hydrogen) atoms. The first-order chi connectivity index (χ1) is 16.3. The second-order valence-corrected chi connectivity index (χ2v) is 9.15. The standard InChI is InChI=1S/C24H47N3O6S/c1-4-7-10-13-24(18-34,27(14-11-8-5-2)15-12-9-6-3)23(33)26-19(16-28)21(30)25-20(17-29)22(31)32/h19-20,28-29,34H,4-18H2,1-3H3,(H,25,30)(H,26,33)(H,31,32)/t19-,20-,24?/m0/s1. The molecule has 9 nitrogen and oxygen atoms in total. The maximum atomic E-state index is 13.7. The van der Waals surface area contributed by atoms with Crippen molar-refractivity contribution in [1.82, 2.24) is 15.5 Å². The molecular formula is C24H47N3O6S. The Bertz CT molecular complexity index is 585. The van der Waals surface area contributed by atoms with Crippen molar-refractivity contribution >= 4 is 30.4 Å². The zero-order valence-electron chi connectivity index (χ0n) is 21.2. The van der Waals surface area contributed by atoms with Crippen LogP contribution in [0.3, 0.4) is 0 Å². The van der Waals surface area contributed by atoms with E-state index in [0.29, 0.717) is 6.42 Å². The molecule has 0 radical (unpaired) electrons. The molecule has 0 heterocycles. The van der Waals surface area contributed by atoms with Gasteiger partial charge < -0.3 is 26.0 Å². The van der Waals surface area contributed by atoms with Crippen LogP contribution in [0.5, 0.6) is 0 Å². The van der Waals surface area contributed by atoms with E-state index in [-0.39, 0.29) is 5.75 Å². The van der Waals surface area contributed by atoms with Gasteiger partial charge in [0.2, 0.25) is 11.8 Å². The van der Waals surface area contributed by atoms with E-state index in [0.717, 1.165) is 70.9 Å². The molecule has 0 aliphatic rings. The molecule has 0 bridgehead atoms. The van der Waals surface area contributed by atoms with Crippen LogP contribution in [0, 0.1) is 0 Å². The number of aliphatic hydroxyl groups is 2. The number of carboxylic acid groups (broad SMARTS) is 1. The van der Waals surface area contributed by atoms with Crippen molar-refractivity contribution in [3.63, 3.8) is 0 Å². The summed E-state index contributed by atoms with van der Waals surface area (Å²) in [5.74, 6) is -2.39. The van der Waals surface area contributed by atoms with Gasteiger partial charge in [0.1, 0.15) is 17.6 Å². The Kier molecular flexibility index (Phi) is 18.1. The van der Waals surface area contributed by atoms with Gasteiger partial charge in [0, 0.05) is 5.75 Å². The van der Waals surface area contributed by atoms with Gasteiger partial charge in [-0.25, -0.2) is 4.79 Å². The molecule has 0 fully saturated rings. The van der Waals surface area contributed by atoms with Gasteiger partial charge in [0.05, 0.1) is 13.2 Å². The van der Waals surface area contributed by atoms with Gasteiger partial charge in [-0.05, 0) is 32.4 Å². The Morgan fingerprint density at radius 2 is 1.32 bits per heavy atom. The van der Waals surface area contributed by atoms with Crippen molar-refractivity contribution < 1.29 is 29.7 Å². The molecule has 0 saturated heterocycles. The number of hydrogen-bond donors (Lipinski definition) is 6. The second kappa shape index (κ2) is 18.9. The quantitative estimate of drug-likeness (QED) is 0.104. The van der Waals surface area contributed by atoms with Crippen LogP contribution in [0.15, 0.2) is 0 Å². The zero-order chi connectivity index (χ0) is 26.0. The Morgan fingerprint density at radius 3 is 1.74 bits per heavy atom. The van der Waals surface area contributed by atoms with E-state index in [1.165, 1.54) is 0 Å². The number of rotatable bonds is 21. The number of carbonyl (C=O) groups is 3. The van der Waals surface area contributed by atoms with E-state index in [2.05, 4.69) is 48.9 Å². The van der Waals surface area contributed by atoms with Gasteiger partial charge in [-0.3, -0.25) is 14.5 Å². The monoisotopic (exact) mass is 505 g/mol. The molecule has 1 unspecified atom stereocenters. The number of carboxylic acids is 1. The van der Waals surface area contributed by atoms with Crippen LogP contribution in [-0.4, -0.2) is 87.7 Å². The molecule has 0 aliphatic carbocycles. The molecule has 0 aromatic carbocycles. The summed E-state index contributed by atoms with van der Waals surface area (Å²) in [5, 5.41) is 32.9. The van der Waals surface area contributed by atoms with Crippen molar-refractivity contribution in [2.75, 3.05) is 32.1 Å². The van der Waals surface area contributed by atoms with Crippen LogP contribution < -0.4 is 10.6 Å². The number of nitrogens with zero attached hydrogens (tertiary/aromatic N) is 1. The highest BCUT2D eigenvalue weighted by atomic mass is 32.1. The van der Waals surface area contributed by atoms with Gasteiger partial charge in [-0.2, -0.15) is 12.6 Å². The normalized spacial score (nSPS) is 14.9. The highest BCUT2D eigenvalue weighted by Crippen LogP contribution is 2.27. The summed E-state index contributed by atoms with van der Waals surface area (Å²) in [5.41, 5.74) is -0.948. The van der Waals surface area contributed by atoms with E-state index in [4.69, 9.17) is 5.11 Å². The minimum atomic E-state index is -1.52. The van der Waals surface area contributed by atoms with Gasteiger partial charge in [-0.15, -0.1) is 0 Å². The molecule has 5 N–H and O–H groups in total. The van der Waals surface area contributed by atoms with Crippen LogP contribution in [-0.2, 0) is 14.4 Å². The molecule has 0 spiro atoms. The smallest absolute Gasteiger partial charge is 0.328 e. The Morgan fingerprint density at radius 1 is 0.824 bits per heavy atom. The Hall–Kier alpha value is -1.36. The molecule has 0 rings (SSSR count). The number of thiol groups is 1. The van der Waals surface area contributed by atoms with Crippen LogP contribution >= 0.6 is 12.6 Å². The fraction of sp³-hybridized carbons (Fsp3) is 0.875. The van der Waals surface area contributed by atoms with Crippen LogP contribution in [0.4, 0.5) is 0 Å². The fourth-order valence-corrected chi connectivity index (χ4v) is 4.42. The topological polar surface area (TPSA) is 139 Å². The Labute approximate surface area is 210 Å². The average molecular weight is 506 g/mol. The molecule has 3 atom stereocenters. The SMILES string of the molecule is CCCCCN(CCCCC)C(CS)(CCCCC)C(=O)N[C@@H](CO)C(=O)N[C@@H](CO)C(=O)O. The molecule has 200 valence electrons. The number of nitrogens with one attached hydrogen (secondary N) is 2. The van der Waals surface area contributed by atoms with E-state index in [1.54, 1.807) is 0 Å². The first-order valence-corrected chi connectivity index (χ1v) is 13.3. The lowest BCUT2D eigenvalue weighted by Gasteiger charge is -2.43. The van der Waals surface area contributed by atoms with E-state index in [9.17, 15) is 24.6 Å². The summed E-state index contributed by atoms with van der Waals surface area (Å²) in [6.07, 6.45) is 9.44. The number of aliphatic carboxylic acids is 1. The predicted molar refractivity (Wildman–Crippen MR) is 137 cm³/mol. The predicted octanol–water partition coefficient (Wildman–Crippen LogP) is 1.96. The van der Waals surface area contributed by atoms with Crippen molar-refractivity contribution in [2.24, 2.45) is 0 Å². The lowest BCUT2D eigenvalue weighted by atomic mass is 9.89. The highest BCUT2D eigenvalue weighted by molar-refractivity contribution is 7.80. The molecular weight excluding hydrogens is 458 g/mol. The number of hydrogen-bond acceptors (Lipinski definition) is 7. The van der Waals surface area contributed by atoms with E-state index in [1.807, 2.05) is 0 Å². The van der Waals surface area contributed by atoms with Crippen LogP contribution in [0.25, 0.3) is 0 Å². The molecule has 0 aliphatic heterocycles. The third-order valence-electron chi connectivity index (χ3n) is 6.15. The summed E-state index contributed by atoms with van der Waals surface area (Å²) in [6, 6.07) is -2.85. The molecule has 0 aromatic heterocycles. The average Bonchev–Trinajstić information content (AvgIpc) is 2.82. The van der Waals surface area contributed by atoms with Gasteiger partial charge in [0.25, 0.3) is 0 Å². The van der Waals surface area contributed by atoms with Crippen LogP contribution in [0.1, 0.15) is 85.0 Å².